The van der Waals surface area contributed by atoms with Crippen molar-refractivity contribution >= 4 is 17.5 Å². The molecule has 0 aliphatic heterocycles. The van der Waals surface area contributed by atoms with E-state index in [0.29, 0.717) is 35.2 Å². The average Bonchev–Trinajstić information content (AvgIpc) is 2.90. The molecule has 180 valence electrons. The van der Waals surface area contributed by atoms with Crippen LogP contribution >= 0.6 is 0 Å². The van der Waals surface area contributed by atoms with Crippen molar-refractivity contribution in [2.45, 2.75) is 18.9 Å². The minimum atomic E-state index is -0.464. The highest BCUT2D eigenvalue weighted by Gasteiger charge is 2.15. The molecule has 0 bridgehead atoms. The molecular formula is C24H30N6O4. The molecule has 10 nitrogen and oxygen atoms in total. The molecule has 0 saturated carbocycles. The van der Waals surface area contributed by atoms with Crippen molar-refractivity contribution in [3.63, 3.8) is 0 Å². The van der Waals surface area contributed by atoms with Gasteiger partial charge in [0.05, 0.1) is 32.1 Å². The number of hydrogen-bond donors (Lipinski definition) is 5. The monoisotopic (exact) mass is 466 g/mol. The van der Waals surface area contributed by atoms with Crippen LogP contribution in [0.3, 0.4) is 0 Å². The van der Waals surface area contributed by atoms with E-state index >= 15 is 0 Å². The van der Waals surface area contributed by atoms with Gasteiger partial charge in [0, 0.05) is 42.9 Å². The molecule has 0 aliphatic rings. The van der Waals surface area contributed by atoms with E-state index in [-0.39, 0.29) is 25.0 Å². The predicted octanol–water partition coefficient (Wildman–Crippen LogP) is 1.89. The number of aromatic nitrogens is 3. The summed E-state index contributed by atoms with van der Waals surface area (Å²) in [4.78, 5) is 24.9. The van der Waals surface area contributed by atoms with Gasteiger partial charge >= 0.3 is 0 Å². The van der Waals surface area contributed by atoms with Crippen molar-refractivity contribution in [3.8, 4) is 17.0 Å². The maximum Gasteiger partial charge on any atom is 0.251 e. The van der Waals surface area contributed by atoms with Crippen LogP contribution in [0.1, 0.15) is 28.8 Å². The number of rotatable bonds is 11. The van der Waals surface area contributed by atoms with Crippen molar-refractivity contribution in [3.05, 3.63) is 60.0 Å². The topological polar surface area (TPSA) is 142 Å². The maximum absolute atomic E-state index is 11.9. The van der Waals surface area contributed by atoms with Crippen molar-refractivity contribution in [1.82, 2.24) is 20.3 Å². The first kappa shape index (κ1) is 24.9. The molecule has 1 aromatic carbocycles. The molecule has 5 N–H and O–H groups in total. The third-order valence-corrected chi connectivity index (χ3v) is 5.36. The lowest BCUT2D eigenvalue weighted by atomic mass is 9.98. The van der Waals surface area contributed by atoms with E-state index in [1.165, 1.54) is 6.33 Å². The highest BCUT2D eigenvalue weighted by molar-refractivity contribution is 5.94. The van der Waals surface area contributed by atoms with Crippen LogP contribution in [0.2, 0.25) is 0 Å². The maximum atomic E-state index is 11.9. The second-order valence-electron chi connectivity index (χ2n) is 7.74. The van der Waals surface area contributed by atoms with Crippen molar-refractivity contribution in [2.75, 3.05) is 44.5 Å². The molecule has 1 atom stereocenters. The number of benzene rings is 1. The van der Waals surface area contributed by atoms with E-state index in [9.17, 15) is 15.0 Å². The van der Waals surface area contributed by atoms with Gasteiger partial charge in [0.1, 0.15) is 23.7 Å². The summed E-state index contributed by atoms with van der Waals surface area (Å²) in [5.74, 6) is 1.80. The van der Waals surface area contributed by atoms with Gasteiger partial charge in [-0.3, -0.25) is 4.79 Å². The molecule has 0 unspecified atom stereocenters. The second-order valence-corrected chi connectivity index (χ2v) is 7.74. The lowest BCUT2D eigenvalue weighted by molar-refractivity contribution is 0.0962. The van der Waals surface area contributed by atoms with Crippen LogP contribution in [0.5, 0.6) is 5.75 Å². The highest BCUT2D eigenvalue weighted by atomic mass is 16.5. The molecule has 0 spiro atoms. The quantitative estimate of drug-likeness (QED) is 0.286. The first-order valence-corrected chi connectivity index (χ1v) is 10.9. The number of hydrogen-bond acceptors (Lipinski definition) is 9. The minimum Gasteiger partial charge on any atom is -0.496 e. The Morgan fingerprint density at radius 1 is 1.06 bits per heavy atom. The number of nitrogens with zero attached hydrogens (tertiary/aromatic N) is 3. The number of anilines is 2. The standard InChI is InChI=1S/C24H30N6O4/c1-15(19-6-4-16(24(33)25-2)8-21(19)34-3)10-26-23-9-20(28-14-29-23)17-5-7-22(27-11-17)30-18(12-31)13-32/h4-9,11,14-15,18,31-32H,10,12-13H2,1-3H3,(H,25,33)(H,27,30)(H,26,28,29)/t15-/m1/s1. The fourth-order valence-corrected chi connectivity index (χ4v) is 3.37. The number of ether oxygens (including phenoxy) is 1. The second kappa shape index (κ2) is 11.9. The Morgan fingerprint density at radius 3 is 2.50 bits per heavy atom. The van der Waals surface area contributed by atoms with Gasteiger partial charge in [-0.15, -0.1) is 0 Å². The van der Waals surface area contributed by atoms with Crippen LogP contribution in [0.15, 0.2) is 48.9 Å². The molecule has 0 fully saturated rings. The van der Waals surface area contributed by atoms with Gasteiger partial charge in [0.15, 0.2) is 0 Å². The smallest absolute Gasteiger partial charge is 0.251 e. The highest BCUT2D eigenvalue weighted by Crippen LogP contribution is 2.28. The van der Waals surface area contributed by atoms with Crippen LogP contribution in [-0.2, 0) is 0 Å². The minimum absolute atomic E-state index is 0.0881. The lowest BCUT2D eigenvalue weighted by Gasteiger charge is -2.18. The number of carbonyl (C=O) groups excluding carboxylic acids is 1. The third kappa shape index (κ3) is 6.18. The van der Waals surface area contributed by atoms with Gasteiger partial charge in [-0.2, -0.15) is 0 Å². The first-order valence-electron chi connectivity index (χ1n) is 10.9. The first-order chi connectivity index (χ1) is 16.5. The number of aliphatic hydroxyl groups is 2. The summed E-state index contributed by atoms with van der Waals surface area (Å²) in [6, 6.07) is 10.4. The van der Waals surface area contributed by atoms with E-state index in [1.807, 2.05) is 18.2 Å². The molecule has 34 heavy (non-hydrogen) atoms. The SMILES string of the molecule is CNC(=O)c1ccc([C@H](C)CNc2cc(-c3ccc(NC(CO)CO)nc3)ncn2)c(OC)c1. The Labute approximate surface area is 198 Å². The van der Waals surface area contributed by atoms with Crippen molar-refractivity contribution in [2.24, 2.45) is 0 Å². The normalized spacial score (nSPS) is 11.7. The lowest BCUT2D eigenvalue weighted by Crippen LogP contribution is -2.28. The molecular weight excluding hydrogens is 436 g/mol. The number of aliphatic hydroxyl groups excluding tert-OH is 2. The summed E-state index contributed by atoms with van der Waals surface area (Å²) in [5, 5.41) is 27.3. The summed E-state index contributed by atoms with van der Waals surface area (Å²) < 4.78 is 5.51. The third-order valence-electron chi connectivity index (χ3n) is 5.36. The molecule has 3 rings (SSSR count). The molecule has 1 amide bonds. The van der Waals surface area contributed by atoms with Gasteiger partial charge in [-0.05, 0) is 29.8 Å². The molecule has 0 saturated heterocycles. The molecule has 3 aromatic rings. The van der Waals surface area contributed by atoms with E-state index in [4.69, 9.17) is 4.74 Å². The van der Waals surface area contributed by atoms with Gasteiger partial charge in [0.25, 0.3) is 5.91 Å². The Hall–Kier alpha value is -3.76. The fourth-order valence-electron chi connectivity index (χ4n) is 3.37. The Kier molecular flexibility index (Phi) is 8.72. The molecule has 10 heteroatoms. The molecule has 0 radical (unpaired) electrons. The fraction of sp³-hybridized carbons (Fsp3) is 0.333. The van der Waals surface area contributed by atoms with Gasteiger partial charge in [-0.1, -0.05) is 13.0 Å². The number of carbonyl (C=O) groups is 1. The zero-order valence-corrected chi connectivity index (χ0v) is 19.4. The molecule has 2 aromatic heterocycles. The van der Waals surface area contributed by atoms with Gasteiger partial charge in [-0.25, -0.2) is 15.0 Å². The van der Waals surface area contributed by atoms with Gasteiger partial charge in [0.2, 0.25) is 0 Å². The van der Waals surface area contributed by atoms with Crippen molar-refractivity contribution in [1.29, 1.82) is 0 Å². The van der Waals surface area contributed by atoms with E-state index in [1.54, 1.807) is 38.6 Å². The number of nitrogens with one attached hydrogen (secondary N) is 3. The molecule has 0 aliphatic carbocycles. The Balaban J connectivity index is 1.67. The largest absolute Gasteiger partial charge is 0.496 e. The summed E-state index contributed by atoms with van der Waals surface area (Å²) in [5.41, 5.74) is 3.03. The van der Waals surface area contributed by atoms with Crippen molar-refractivity contribution < 1.29 is 19.7 Å². The van der Waals surface area contributed by atoms with E-state index in [2.05, 4.69) is 37.8 Å². The van der Waals surface area contributed by atoms with E-state index in [0.717, 1.165) is 11.1 Å². The summed E-state index contributed by atoms with van der Waals surface area (Å²) >= 11 is 0. The zero-order chi connectivity index (χ0) is 24.5. The van der Waals surface area contributed by atoms with Crippen LogP contribution in [0, 0.1) is 0 Å². The van der Waals surface area contributed by atoms with Crippen LogP contribution < -0.4 is 20.7 Å². The Morgan fingerprint density at radius 2 is 1.85 bits per heavy atom. The number of pyridine rings is 1. The van der Waals surface area contributed by atoms with Gasteiger partial charge < -0.3 is 30.9 Å². The predicted molar refractivity (Wildman–Crippen MR) is 130 cm³/mol. The summed E-state index contributed by atoms with van der Waals surface area (Å²) in [6.07, 6.45) is 3.16. The van der Waals surface area contributed by atoms with Crippen LogP contribution in [-0.4, -0.2) is 71.0 Å². The molecule has 2 heterocycles. The Bertz CT molecular complexity index is 1090. The van der Waals surface area contributed by atoms with Crippen LogP contribution in [0.4, 0.5) is 11.6 Å². The average molecular weight is 467 g/mol. The summed E-state index contributed by atoms with van der Waals surface area (Å²) in [6.45, 7) is 2.28. The number of amides is 1. The zero-order valence-electron chi connectivity index (χ0n) is 19.4. The van der Waals surface area contributed by atoms with Crippen LogP contribution in [0.25, 0.3) is 11.3 Å². The summed E-state index contributed by atoms with van der Waals surface area (Å²) in [7, 11) is 3.18. The van der Waals surface area contributed by atoms with E-state index < -0.39 is 6.04 Å². The number of methoxy groups -OCH3 is 1.